The van der Waals surface area contributed by atoms with Gasteiger partial charge in [0.25, 0.3) is 0 Å². The second kappa shape index (κ2) is 7.00. The van der Waals surface area contributed by atoms with Crippen LogP contribution in [-0.4, -0.2) is 20.6 Å². The highest BCUT2D eigenvalue weighted by atomic mass is 32.2. The van der Waals surface area contributed by atoms with Crippen molar-refractivity contribution >= 4 is 15.4 Å². The molecule has 0 aliphatic rings. The summed E-state index contributed by atoms with van der Waals surface area (Å²) < 4.78 is 71.2. The third-order valence-electron chi connectivity index (χ3n) is 3.28. The van der Waals surface area contributed by atoms with Crippen molar-refractivity contribution < 1.29 is 26.3 Å². The number of hydrogen-bond acceptors (Lipinski definition) is 5. The van der Waals surface area contributed by atoms with Crippen LogP contribution in [0.1, 0.15) is 11.5 Å². The predicted octanol–water partition coefficient (Wildman–Crippen LogP) is 4.42. The van der Waals surface area contributed by atoms with Crippen molar-refractivity contribution in [3.63, 3.8) is 0 Å². The number of alkyl halides is 3. The molecule has 5 nitrogen and oxygen atoms in total. The van der Waals surface area contributed by atoms with Crippen LogP contribution in [0.15, 0.2) is 45.3 Å². The Hall–Kier alpha value is -2.93. The van der Waals surface area contributed by atoms with Gasteiger partial charge in [0.1, 0.15) is 11.5 Å². The van der Waals surface area contributed by atoms with E-state index >= 15 is 0 Å². The van der Waals surface area contributed by atoms with Gasteiger partial charge in [0.2, 0.25) is 5.82 Å². The van der Waals surface area contributed by atoms with E-state index in [1.807, 2.05) is 0 Å². The quantitative estimate of drug-likeness (QED) is 0.611. The van der Waals surface area contributed by atoms with Crippen molar-refractivity contribution in [3.05, 3.63) is 65.8 Å². The molecule has 3 rings (SSSR count). The number of halogens is 4. The Morgan fingerprint density at radius 3 is 2.41 bits per heavy atom. The molecule has 1 heterocycles. The van der Waals surface area contributed by atoms with E-state index in [2.05, 4.69) is 31.2 Å². The summed E-state index contributed by atoms with van der Waals surface area (Å²) in [6.45, 7) is 0. The van der Waals surface area contributed by atoms with E-state index in [4.69, 9.17) is 0 Å². The maximum atomic E-state index is 12.9. The topological polar surface area (TPSA) is 68.3 Å². The molecule has 0 amide bonds. The van der Waals surface area contributed by atoms with Gasteiger partial charge in [-0.2, -0.15) is 22.5 Å². The van der Waals surface area contributed by atoms with Gasteiger partial charge < -0.3 is 4.52 Å². The summed E-state index contributed by atoms with van der Waals surface area (Å²) in [4.78, 5) is 3.25. The lowest BCUT2D eigenvalue weighted by Crippen LogP contribution is -2.04. The van der Waals surface area contributed by atoms with Crippen LogP contribution < -0.4 is 0 Å². The molecule has 0 spiro atoms. The first-order valence-corrected chi connectivity index (χ1v) is 9.51. The zero-order chi connectivity index (χ0) is 19.7. The van der Waals surface area contributed by atoms with Crippen molar-refractivity contribution in [2.45, 2.75) is 11.9 Å². The van der Waals surface area contributed by atoms with Gasteiger partial charge in [-0.3, -0.25) is 0 Å². The van der Waals surface area contributed by atoms with E-state index in [1.54, 1.807) is 0 Å². The van der Waals surface area contributed by atoms with Crippen molar-refractivity contribution in [3.8, 4) is 11.4 Å². The fraction of sp³-hybridized carbons (Fsp3) is 0.176. The van der Waals surface area contributed by atoms with E-state index in [0.717, 1.165) is 0 Å². The van der Waals surface area contributed by atoms with Gasteiger partial charge in [-0.15, -0.1) is 0 Å². The number of aromatic nitrogens is 2. The molecular formula is C17H11F4N3O2S. The molecule has 10 heteroatoms. The normalized spacial score (nSPS) is 13.7. The molecule has 140 valence electrons. The Balaban J connectivity index is 1.80. The lowest BCUT2D eigenvalue weighted by molar-refractivity contribution is -0.159. The maximum Gasteiger partial charge on any atom is 0.471 e. The highest BCUT2D eigenvalue weighted by molar-refractivity contribution is 7.92. The Morgan fingerprint density at radius 1 is 1.15 bits per heavy atom. The summed E-state index contributed by atoms with van der Waals surface area (Å²) in [7, 11) is -2.69. The minimum atomic E-state index is -4.74. The van der Waals surface area contributed by atoms with Crippen molar-refractivity contribution in [2.75, 3.05) is 6.26 Å². The van der Waals surface area contributed by atoms with Crippen LogP contribution in [-0.2, 0) is 21.7 Å². The first-order chi connectivity index (χ1) is 12.6. The van der Waals surface area contributed by atoms with Crippen LogP contribution in [0.3, 0.4) is 0 Å². The van der Waals surface area contributed by atoms with Gasteiger partial charge in [-0.05, 0) is 35.9 Å². The molecule has 0 aliphatic heterocycles. The van der Waals surface area contributed by atoms with Crippen LogP contribution in [0.2, 0.25) is 0 Å². The Bertz CT molecular complexity index is 1050. The lowest BCUT2D eigenvalue weighted by atomic mass is 10.2. The maximum absolute atomic E-state index is 12.9. The van der Waals surface area contributed by atoms with Crippen LogP contribution >= 0.6 is 0 Å². The molecule has 0 aliphatic carbocycles. The minimum Gasteiger partial charge on any atom is -0.329 e. The van der Waals surface area contributed by atoms with Crippen LogP contribution in [0, 0.1) is 17.9 Å². The molecule has 1 aromatic heterocycles. The second-order valence-electron chi connectivity index (χ2n) is 5.62. The summed E-state index contributed by atoms with van der Waals surface area (Å²) in [6, 6.07) is 13.5. The lowest BCUT2D eigenvalue weighted by Gasteiger charge is -2.04. The second-order valence-corrected chi connectivity index (χ2v) is 8.01. The average Bonchev–Trinajstić information content (AvgIpc) is 3.07. The number of benzene rings is 1. The Labute approximate surface area is 152 Å². The zero-order valence-electron chi connectivity index (χ0n) is 13.7. The highest BCUT2D eigenvalue weighted by Gasteiger charge is 2.38. The standard InChI is InChI=1S/C17H11F4N3O2S/c1-27(25,10-11-2-6-13(18)7-3-11)24-14-8-4-12(5-9-14)15-22-16(26-23-15)17(19,20)21/h2-4,6-8H,10H2,1H3. The van der Waals surface area contributed by atoms with Gasteiger partial charge in [-0.1, -0.05) is 23.4 Å². The largest absolute Gasteiger partial charge is 0.471 e. The molecule has 0 saturated carbocycles. The molecule has 0 bridgehead atoms. The number of hydrogen-bond donors (Lipinski definition) is 0. The molecule has 0 N–H and O–H groups in total. The molecular weight excluding hydrogens is 386 g/mol. The van der Waals surface area contributed by atoms with E-state index in [-0.39, 0.29) is 22.8 Å². The van der Waals surface area contributed by atoms with E-state index in [0.29, 0.717) is 5.56 Å². The number of rotatable bonds is 4. The summed E-state index contributed by atoms with van der Waals surface area (Å²) in [5, 5.41) is 3.24. The third kappa shape index (κ3) is 4.83. The average molecular weight is 397 g/mol. The SMILES string of the molecule is CS(=O)(Cc1ccc(F)cc1)=Nc1c#cc(-c2noc(C(F)(F)F)n2)cc1. The summed E-state index contributed by atoms with van der Waals surface area (Å²) in [6.07, 6.45) is -3.30. The molecule has 1 unspecified atom stereocenters. The first-order valence-electron chi connectivity index (χ1n) is 7.42. The highest BCUT2D eigenvalue weighted by Crippen LogP contribution is 2.29. The van der Waals surface area contributed by atoms with Crippen LogP contribution in [0.5, 0.6) is 0 Å². The molecule has 3 aromatic rings. The van der Waals surface area contributed by atoms with E-state index < -0.39 is 27.6 Å². The molecule has 0 saturated heterocycles. The molecule has 0 radical (unpaired) electrons. The smallest absolute Gasteiger partial charge is 0.329 e. The van der Waals surface area contributed by atoms with E-state index in [9.17, 15) is 21.8 Å². The van der Waals surface area contributed by atoms with Crippen molar-refractivity contribution in [1.29, 1.82) is 0 Å². The van der Waals surface area contributed by atoms with Gasteiger partial charge in [0.05, 0.1) is 21.0 Å². The summed E-state index contributed by atoms with van der Waals surface area (Å²) in [5.74, 6) is -2.06. The number of nitrogens with zero attached hydrogens (tertiary/aromatic N) is 3. The first kappa shape index (κ1) is 18.8. The molecule has 0 fully saturated rings. The predicted molar refractivity (Wildman–Crippen MR) is 88.7 cm³/mol. The zero-order valence-corrected chi connectivity index (χ0v) is 14.6. The Kier molecular flexibility index (Phi) is 4.89. The van der Waals surface area contributed by atoms with Gasteiger partial charge in [0, 0.05) is 6.26 Å². The van der Waals surface area contributed by atoms with Crippen LogP contribution in [0.25, 0.3) is 11.4 Å². The molecule has 2 aromatic carbocycles. The van der Waals surface area contributed by atoms with E-state index in [1.165, 1.54) is 42.7 Å². The fourth-order valence-corrected chi connectivity index (χ4v) is 3.54. The van der Waals surface area contributed by atoms with Crippen molar-refractivity contribution in [1.82, 2.24) is 10.1 Å². The third-order valence-corrected chi connectivity index (χ3v) is 4.73. The van der Waals surface area contributed by atoms with Gasteiger partial charge in [0.15, 0.2) is 0 Å². The summed E-state index contributed by atoms with van der Waals surface area (Å²) >= 11 is 0. The van der Waals surface area contributed by atoms with Crippen molar-refractivity contribution in [2.24, 2.45) is 4.36 Å². The van der Waals surface area contributed by atoms with Gasteiger partial charge in [-0.25, -0.2) is 8.60 Å². The fourth-order valence-electron chi connectivity index (χ4n) is 2.14. The minimum absolute atomic E-state index is 0.0999. The Morgan fingerprint density at radius 2 is 1.85 bits per heavy atom. The molecule has 1 atom stereocenters. The van der Waals surface area contributed by atoms with Crippen LogP contribution in [0.4, 0.5) is 23.2 Å². The van der Waals surface area contributed by atoms with Gasteiger partial charge >= 0.3 is 12.1 Å². The summed E-state index contributed by atoms with van der Waals surface area (Å²) in [5.41, 5.74) is 0.974. The monoisotopic (exact) mass is 397 g/mol. The molecule has 27 heavy (non-hydrogen) atoms.